The fourth-order valence-corrected chi connectivity index (χ4v) is 3.28. The molecule has 2 aliphatic rings. The van der Waals surface area contributed by atoms with Crippen LogP contribution in [-0.2, 0) is 0 Å². The van der Waals surface area contributed by atoms with Gasteiger partial charge in [0.2, 0.25) is 0 Å². The number of hydrogen-bond acceptors (Lipinski definition) is 2. The van der Waals surface area contributed by atoms with E-state index in [9.17, 15) is 4.79 Å². The van der Waals surface area contributed by atoms with Gasteiger partial charge in [-0.05, 0) is 36.6 Å². The third kappa shape index (κ3) is 1.31. The summed E-state index contributed by atoms with van der Waals surface area (Å²) in [5.74, 6) is 0.130. The van der Waals surface area contributed by atoms with Crippen LogP contribution in [-0.4, -0.2) is 11.8 Å². The Morgan fingerprint density at radius 2 is 1.65 bits per heavy atom. The van der Waals surface area contributed by atoms with Crippen LogP contribution in [0, 0.1) is 0 Å². The Morgan fingerprint density at radius 3 is 2.45 bits per heavy atom. The minimum atomic E-state index is 0.130. The van der Waals surface area contributed by atoms with Crippen LogP contribution in [0.1, 0.15) is 40.9 Å². The summed E-state index contributed by atoms with van der Waals surface area (Å²) in [6.07, 6.45) is 0. The molecular weight excluding hydrogens is 246 g/mol. The maximum Gasteiger partial charge on any atom is 0.194 e. The van der Waals surface area contributed by atoms with E-state index in [-0.39, 0.29) is 11.8 Å². The Morgan fingerprint density at radius 1 is 0.950 bits per heavy atom. The molecule has 0 saturated heterocycles. The minimum absolute atomic E-state index is 0.130. The Kier molecular flexibility index (Phi) is 2.19. The van der Waals surface area contributed by atoms with Gasteiger partial charge >= 0.3 is 0 Å². The van der Waals surface area contributed by atoms with Gasteiger partial charge in [0.15, 0.2) is 5.78 Å². The molecule has 4 rings (SSSR count). The van der Waals surface area contributed by atoms with Crippen molar-refractivity contribution in [2.75, 3.05) is 5.32 Å². The van der Waals surface area contributed by atoms with Gasteiger partial charge < -0.3 is 5.32 Å². The normalized spacial score (nSPS) is 19.3. The molecule has 1 aliphatic heterocycles. The fraction of sp³-hybridized carbons (Fsp3) is 0.167. The number of fused-ring (bicyclic) bond motifs is 2. The van der Waals surface area contributed by atoms with Crippen molar-refractivity contribution in [1.82, 2.24) is 0 Å². The third-order valence-corrected chi connectivity index (χ3v) is 4.42. The summed E-state index contributed by atoms with van der Waals surface area (Å²) in [5.41, 5.74) is 7.38. The van der Waals surface area contributed by atoms with Gasteiger partial charge in [0.05, 0.1) is 0 Å². The van der Waals surface area contributed by atoms with Crippen LogP contribution in [0.4, 0.5) is 5.69 Å². The molecule has 1 unspecified atom stereocenters. The van der Waals surface area contributed by atoms with Crippen LogP contribution in [0.3, 0.4) is 0 Å². The number of rotatable bonds is 0. The van der Waals surface area contributed by atoms with E-state index >= 15 is 0 Å². The summed E-state index contributed by atoms with van der Waals surface area (Å²) in [7, 11) is 0. The molecule has 1 atom stereocenters. The lowest BCUT2D eigenvalue weighted by Crippen LogP contribution is -2.27. The number of ketones is 1. The van der Waals surface area contributed by atoms with E-state index in [1.807, 2.05) is 30.3 Å². The highest BCUT2D eigenvalue weighted by molar-refractivity contribution is 6.20. The third-order valence-electron chi connectivity index (χ3n) is 4.42. The van der Waals surface area contributed by atoms with Gasteiger partial charge in [-0.15, -0.1) is 0 Å². The van der Waals surface area contributed by atoms with Crippen molar-refractivity contribution < 1.29 is 4.79 Å². The number of hydrogen-bond donors (Lipinski definition) is 1. The number of carbonyl (C=O) groups is 1. The summed E-state index contributed by atoms with van der Waals surface area (Å²) in [6.45, 7) is 4.32. The fourth-order valence-electron chi connectivity index (χ4n) is 3.28. The Labute approximate surface area is 118 Å². The first-order valence-corrected chi connectivity index (χ1v) is 6.93. The molecule has 2 aromatic carbocycles. The molecule has 20 heavy (non-hydrogen) atoms. The van der Waals surface area contributed by atoms with Gasteiger partial charge in [-0.1, -0.05) is 36.4 Å². The quantitative estimate of drug-likeness (QED) is 0.665. The monoisotopic (exact) mass is 261 g/mol. The molecule has 2 nitrogen and oxygen atoms in total. The standard InChI is InChI=1S/C18H15NO/c1-10-11(2)19-15-9-5-8-14-17(15)16(10)12-6-3-4-7-13(12)18(14)20/h3-9,11,19H,1-2H3. The highest BCUT2D eigenvalue weighted by Gasteiger charge is 2.33. The molecule has 1 heterocycles. The summed E-state index contributed by atoms with van der Waals surface area (Å²) >= 11 is 0. The van der Waals surface area contributed by atoms with Crippen LogP contribution in [0.5, 0.6) is 0 Å². The predicted octanol–water partition coefficient (Wildman–Crippen LogP) is 3.87. The largest absolute Gasteiger partial charge is 0.378 e. The number of anilines is 1. The smallest absolute Gasteiger partial charge is 0.194 e. The van der Waals surface area contributed by atoms with Crippen LogP contribution < -0.4 is 5.32 Å². The van der Waals surface area contributed by atoms with Gasteiger partial charge in [-0.25, -0.2) is 0 Å². The Hall–Kier alpha value is -2.35. The van der Waals surface area contributed by atoms with E-state index in [0.717, 1.165) is 27.9 Å². The van der Waals surface area contributed by atoms with E-state index in [4.69, 9.17) is 0 Å². The molecule has 1 N–H and O–H groups in total. The van der Waals surface area contributed by atoms with Gasteiger partial charge in [-0.2, -0.15) is 0 Å². The van der Waals surface area contributed by atoms with Gasteiger partial charge in [0.25, 0.3) is 0 Å². The SMILES string of the molecule is CC1=C2c3ccccc3C(=O)c3cccc(c32)NC1C. The molecule has 0 aromatic heterocycles. The van der Waals surface area contributed by atoms with Crippen molar-refractivity contribution in [3.05, 3.63) is 70.3 Å². The van der Waals surface area contributed by atoms with Gasteiger partial charge in [0.1, 0.15) is 0 Å². The first-order valence-electron chi connectivity index (χ1n) is 6.93. The van der Waals surface area contributed by atoms with E-state index in [2.05, 4.69) is 31.3 Å². The molecule has 0 saturated carbocycles. The van der Waals surface area contributed by atoms with Crippen molar-refractivity contribution >= 4 is 17.0 Å². The zero-order chi connectivity index (χ0) is 13.9. The second-order valence-electron chi connectivity index (χ2n) is 5.53. The van der Waals surface area contributed by atoms with E-state index in [0.29, 0.717) is 0 Å². The summed E-state index contributed by atoms with van der Waals surface area (Å²) < 4.78 is 0. The molecule has 98 valence electrons. The van der Waals surface area contributed by atoms with Crippen molar-refractivity contribution in [2.24, 2.45) is 0 Å². The van der Waals surface area contributed by atoms with E-state index in [1.54, 1.807) is 0 Å². The maximum atomic E-state index is 12.7. The molecule has 0 spiro atoms. The maximum absolute atomic E-state index is 12.7. The zero-order valence-electron chi connectivity index (χ0n) is 11.5. The summed E-state index contributed by atoms with van der Waals surface area (Å²) in [4.78, 5) is 12.7. The van der Waals surface area contributed by atoms with Crippen molar-refractivity contribution in [3.63, 3.8) is 0 Å². The highest BCUT2D eigenvalue weighted by Crippen LogP contribution is 2.44. The van der Waals surface area contributed by atoms with Gasteiger partial charge in [-0.3, -0.25) is 4.79 Å². The molecule has 0 radical (unpaired) electrons. The van der Waals surface area contributed by atoms with E-state index < -0.39 is 0 Å². The van der Waals surface area contributed by atoms with Crippen molar-refractivity contribution in [3.8, 4) is 0 Å². The Balaban J connectivity index is 2.17. The number of nitrogens with one attached hydrogen (secondary N) is 1. The lowest BCUT2D eigenvalue weighted by Gasteiger charge is -2.33. The minimum Gasteiger partial charge on any atom is -0.378 e. The number of carbonyl (C=O) groups excluding carboxylic acids is 1. The number of benzene rings is 2. The molecule has 0 fully saturated rings. The average molecular weight is 261 g/mol. The van der Waals surface area contributed by atoms with Crippen LogP contribution in [0.25, 0.3) is 5.57 Å². The molecule has 1 aliphatic carbocycles. The lowest BCUT2D eigenvalue weighted by atomic mass is 9.76. The van der Waals surface area contributed by atoms with Crippen LogP contribution in [0.15, 0.2) is 48.0 Å². The second kappa shape index (κ2) is 3.83. The second-order valence-corrected chi connectivity index (χ2v) is 5.53. The van der Waals surface area contributed by atoms with E-state index in [1.165, 1.54) is 11.1 Å². The lowest BCUT2D eigenvalue weighted by molar-refractivity contribution is 0.103. The average Bonchev–Trinajstić information content (AvgIpc) is 2.47. The first kappa shape index (κ1) is 11.5. The highest BCUT2D eigenvalue weighted by atomic mass is 16.1. The molecule has 0 bridgehead atoms. The zero-order valence-corrected chi connectivity index (χ0v) is 11.5. The molecular formula is C18H15NO. The van der Waals surface area contributed by atoms with Crippen molar-refractivity contribution in [2.45, 2.75) is 19.9 Å². The predicted molar refractivity (Wildman–Crippen MR) is 81.1 cm³/mol. The Bertz CT molecular complexity index is 786. The van der Waals surface area contributed by atoms with Crippen molar-refractivity contribution in [1.29, 1.82) is 0 Å². The van der Waals surface area contributed by atoms with Crippen LogP contribution in [0.2, 0.25) is 0 Å². The summed E-state index contributed by atoms with van der Waals surface area (Å²) in [5, 5.41) is 3.49. The topological polar surface area (TPSA) is 29.1 Å². The summed E-state index contributed by atoms with van der Waals surface area (Å²) in [6, 6.07) is 14.2. The first-order chi connectivity index (χ1) is 9.68. The molecule has 0 amide bonds. The van der Waals surface area contributed by atoms with Crippen LogP contribution >= 0.6 is 0 Å². The molecule has 2 heteroatoms. The van der Waals surface area contributed by atoms with Gasteiger partial charge in [0, 0.05) is 28.4 Å². The molecule has 2 aromatic rings.